The van der Waals surface area contributed by atoms with Crippen LogP contribution in [0.3, 0.4) is 0 Å². The molecule has 0 aliphatic carbocycles. The van der Waals surface area contributed by atoms with Gasteiger partial charge in [0.1, 0.15) is 17.2 Å². The molecule has 1 aromatic rings. The van der Waals surface area contributed by atoms with Crippen molar-refractivity contribution in [2.45, 2.75) is 45.8 Å². The molecule has 5 nitrogen and oxygen atoms in total. The Kier molecular flexibility index (Phi) is 10.8. The number of hydrogen-bond donors (Lipinski definition) is 3. The summed E-state index contributed by atoms with van der Waals surface area (Å²) in [6.07, 6.45) is -0.417. The van der Waals surface area contributed by atoms with Crippen molar-refractivity contribution < 1.29 is 22.7 Å². The standard InChI is InChI=1S/C13H14F3N3O2.C5H12/c1-21-10-5-3-2-4-8(10)7-19-12(20)9(17)6-11(18)13(14,15)16;1-3-5-4-2/h2-6,17H,7,18H2,1H3,(H,19,20);3-5H2,1-2H3/b11-6-,17-9?;. The minimum Gasteiger partial charge on any atom is -0.496 e. The van der Waals surface area contributed by atoms with E-state index in [1.165, 1.54) is 26.4 Å². The van der Waals surface area contributed by atoms with E-state index in [0.29, 0.717) is 11.3 Å². The van der Waals surface area contributed by atoms with Crippen molar-refractivity contribution in [1.29, 1.82) is 5.41 Å². The number of para-hydroxylation sites is 1. The van der Waals surface area contributed by atoms with Crippen LogP contribution in [0.4, 0.5) is 13.2 Å². The zero-order valence-corrected chi connectivity index (χ0v) is 15.2. The number of alkyl halides is 3. The Morgan fingerprint density at radius 2 is 1.85 bits per heavy atom. The lowest BCUT2D eigenvalue weighted by Gasteiger charge is -2.10. The fourth-order valence-electron chi connectivity index (χ4n) is 1.78. The number of hydrogen-bond acceptors (Lipinski definition) is 4. The molecule has 1 rings (SSSR count). The van der Waals surface area contributed by atoms with Crippen molar-refractivity contribution in [2.24, 2.45) is 5.73 Å². The number of carbonyl (C=O) groups excluding carboxylic acids is 1. The van der Waals surface area contributed by atoms with Crippen LogP contribution in [0.25, 0.3) is 0 Å². The lowest BCUT2D eigenvalue weighted by atomic mass is 10.2. The first-order valence-electron chi connectivity index (χ1n) is 8.20. The van der Waals surface area contributed by atoms with Gasteiger partial charge in [-0.1, -0.05) is 51.3 Å². The number of amides is 1. The number of unbranched alkanes of at least 4 members (excludes halogenated alkanes) is 2. The number of benzene rings is 1. The maximum atomic E-state index is 12.2. The van der Waals surface area contributed by atoms with Gasteiger partial charge in [-0.3, -0.25) is 10.2 Å². The minimum atomic E-state index is -4.77. The summed E-state index contributed by atoms with van der Waals surface area (Å²) in [5, 5.41) is 9.59. The number of halogens is 3. The second-order valence-corrected chi connectivity index (χ2v) is 5.36. The maximum absolute atomic E-state index is 12.2. The van der Waals surface area contributed by atoms with Gasteiger partial charge in [-0.15, -0.1) is 0 Å². The van der Waals surface area contributed by atoms with Crippen LogP contribution in [0.2, 0.25) is 0 Å². The van der Waals surface area contributed by atoms with E-state index >= 15 is 0 Å². The summed E-state index contributed by atoms with van der Waals surface area (Å²) in [6, 6.07) is 6.81. The van der Waals surface area contributed by atoms with Gasteiger partial charge in [-0.2, -0.15) is 13.2 Å². The van der Waals surface area contributed by atoms with E-state index in [9.17, 15) is 18.0 Å². The highest BCUT2D eigenvalue weighted by atomic mass is 19.4. The molecule has 0 heterocycles. The fourth-order valence-corrected chi connectivity index (χ4v) is 1.78. The molecule has 0 aliphatic heterocycles. The van der Waals surface area contributed by atoms with Gasteiger partial charge in [0.2, 0.25) is 0 Å². The molecule has 0 aromatic heterocycles. The highest BCUT2D eigenvalue weighted by molar-refractivity contribution is 6.42. The predicted octanol–water partition coefficient (Wildman–Crippen LogP) is 3.93. The molecule has 0 atom stereocenters. The Morgan fingerprint density at radius 3 is 2.31 bits per heavy atom. The predicted molar refractivity (Wildman–Crippen MR) is 96.1 cm³/mol. The Hall–Kier alpha value is -2.51. The van der Waals surface area contributed by atoms with Crippen LogP contribution < -0.4 is 15.8 Å². The first-order valence-corrected chi connectivity index (χ1v) is 8.20. The van der Waals surface area contributed by atoms with Crippen LogP contribution in [0.5, 0.6) is 5.75 Å². The molecular weight excluding hydrogens is 347 g/mol. The molecule has 146 valence electrons. The molecule has 1 amide bonds. The Morgan fingerprint density at radius 1 is 1.27 bits per heavy atom. The topological polar surface area (TPSA) is 88.2 Å². The van der Waals surface area contributed by atoms with Crippen LogP contribution in [0, 0.1) is 5.41 Å². The third-order valence-corrected chi connectivity index (χ3v) is 3.21. The van der Waals surface area contributed by atoms with E-state index in [1.807, 2.05) is 0 Å². The highest BCUT2D eigenvalue weighted by Crippen LogP contribution is 2.21. The Balaban J connectivity index is 0.00000110. The maximum Gasteiger partial charge on any atom is 0.430 e. The van der Waals surface area contributed by atoms with Gasteiger partial charge in [-0.25, -0.2) is 0 Å². The average Bonchev–Trinajstić information content (AvgIpc) is 2.60. The Bertz CT molecular complexity index is 612. The number of methoxy groups -OCH3 is 1. The normalized spacial score (nSPS) is 11.2. The van der Waals surface area contributed by atoms with Crippen molar-refractivity contribution in [3.8, 4) is 5.75 Å². The number of allylic oxidation sites excluding steroid dienone is 1. The molecule has 0 fully saturated rings. The lowest BCUT2D eigenvalue weighted by molar-refractivity contribution is -0.114. The zero-order chi connectivity index (χ0) is 20.2. The molecule has 0 bridgehead atoms. The fraction of sp³-hybridized carbons (Fsp3) is 0.444. The molecule has 0 spiro atoms. The molecule has 8 heteroatoms. The van der Waals surface area contributed by atoms with E-state index in [4.69, 9.17) is 15.9 Å². The lowest BCUT2D eigenvalue weighted by Crippen LogP contribution is -2.31. The van der Waals surface area contributed by atoms with Crippen LogP contribution in [-0.4, -0.2) is 24.9 Å². The number of rotatable bonds is 7. The van der Waals surface area contributed by atoms with Crippen LogP contribution in [0.15, 0.2) is 36.0 Å². The van der Waals surface area contributed by atoms with Crippen molar-refractivity contribution in [3.05, 3.63) is 41.6 Å². The molecule has 0 aliphatic rings. The molecule has 0 saturated carbocycles. The van der Waals surface area contributed by atoms with Crippen LogP contribution in [-0.2, 0) is 11.3 Å². The minimum absolute atomic E-state index is 0.0188. The molecule has 1 aromatic carbocycles. The summed E-state index contributed by atoms with van der Waals surface area (Å²) >= 11 is 0. The van der Waals surface area contributed by atoms with Gasteiger partial charge in [-0.05, 0) is 12.1 Å². The molecular formula is C18H26F3N3O2. The first kappa shape index (κ1) is 23.5. The van der Waals surface area contributed by atoms with E-state index in [2.05, 4.69) is 19.2 Å². The van der Waals surface area contributed by atoms with E-state index in [1.54, 1.807) is 24.3 Å². The third kappa shape index (κ3) is 9.10. The van der Waals surface area contributed by atoms with Gasteiger partial charge in [0.15, 0.2) is 0 Å². The van der Waals surface area contributed by atoms with E-state index in [0.717, 1.165) is 0 Å². The summed E-state index contributed by atoms with van der Waals surface area (Å²) in [5.41, 5.74) is 3.00. The average molecular weight is 373 g/mol. The van der Waals surface area contributed by atoms with Gasteiger partial charge in [0, 0.05) is 12.1 Å². The smallest absolute Gasteiger partial charge is 0.430 e. The molecule has 0 radical (unpaired) electrons. The highest BCUT2D eigenvalue weighted by Gasteiger charge is 2.32. The van der Waals surface area contributed by atoms with Crippen molar-refractivity contribution in [2.75, 3.05) is 7.11 Å². The quantitative estimate of drug-likeness (QED) is 0.633. The summed E-state index contributed by atoms with van der Waals surface area (Å²) in [7, 11) is 1.45. The summed E-state index contributed by atoms with van der Waals surface area (Å²) in [4.78, 5) is 11.5. The molecule has 4 N–H and O–H groups in total. The summed E-state index contributed by atoms with van der Waals surface area (Å²) in [5.74, 6) is -0.442. The van der Waals surface area contributed by atoms with Crippen molar-refractivity contribution >= 4 is 11.6 Å². The summed E-state index contributed by atoms with van der Waals surface area (Å²) < 4.78 is 41.6. The van der Waals surface area contributed by atoms with Crippen molar-refractivity contribution in [3.63, 3.8) is 0 Å². The van der Waals surface area contributed by atoms with Gasteiger partial charge < -0.3 is 15.8 Å². The third-order valence-electron chi connectivity index (χ3n) is 3.21. The SMILES string of the molecule is CCCCC.COc1ccccc1CNC(=O)C(=N)/C=C(\N)C(F)(F)F. The van der Waals surface area contributed by atoms with Crippen LogP contribution in [0.1, 0.15) is 38.7 Å². The van der Waals surface area contributed by atoms with Gasteiger partial charge in [0.05, 0.1) is 7.11 Å². The van der Waals surface area contributed by atoms with Gasteiger partial charge >= 0.3 is 6.18 Å². The van der Waals surface area contributed by atoms with Crippen molar-refractivity contribution in [1.82, 2.24) is 5.32 Å². The first-order chi connectivity index (χ1) is 12.2. The number of nitrogens with two attached hydrogens (primary N) is 1. The number of carbonyl (C=O) groups is 1. The second-order valence-electron chi connectivity index (χ2n) is 5.36. The summed E-state index contributed by atoms with van der Waals surface area (Å²) in [6.45, 7) is 4.44. The second kappa shape index (κ2) is 11.9. The zero-order valence-electron chi connectivity index (χ0n) is 15.2. The van der Waals surface area contributed by atoms with E-state index in [-0.39, 0.29) is 12.6 Å². The number of ether oxygens (including phenoxy) is 1. The molecule has 0 saturated heterocycles. The monoisotopic (exact) mass is 373 g/mol. The number of nitrogens with one attached hydrogen (secondary N) is 2. The Labute approximate surface area is 151 Å². The molecule has 26 heavy (non-hydrogen) atoms. The molecule has 0 unspecified atom stereocenters. The van der Waals surface area contributed by atoms with Crippen LogP contribution >= 0.6 is 0 Å². The van der Waals surface area contributed by atoms with E-state index < -0.39 is 23.5 Å². The van der Waals surface area contributed by atoms with Gasteiger partial charge in [0.25, 0.3) is 5.91 Å². The largest absolute Gasteiger partial charge is 0.496 e.